The van der Waals surface area contributed by atoms with Crippen molar-refractivity contribution in [1.82, 2.24) is 0 Å². The fourth-order valence-electron chi connectivity index (χ4n) is 10.2. The molecule has 0 bridgehead atoms. The van der Waals surface area contributed by atoms with Gasteiger partial charge in [-0.1, -0.05) is 175 Å². The van der Waals surface area contributed by atoms with Gasteiger partial charge in [-0.05, 0) is 120 Å². The minimum absolute atomic E-state index is 0.0271. The average Bonchev–Trinajstić information content (AvgIpc) is 3.44. The van der Waals surface area contributed by atoms with E-state index < -0.39 is 0 Å². The fraction of sp³-hybridized carbons (Fsp3) is 0.200. The number of anilines is 3. The topological polar surface area (TPSA) is 3.24 Å². The molecule has 0 aromatic heterocycles. The Morgan fingerprint density at radius 3 is 1.75 bits per heavy atom. The second-order valence-electron chi connectivity index (χ2n) is 18.0. The normalized spacial score (nSPS) is 16.0. The van der Waals surface area contributed by atoms with Gasteiger partial charge in [0.1, 0.15) is 0 Å². The smallest absolute Gasteiger partial charge is 0.0543 e. The molecule has 10 rings (SSSR count). The van der Waals surface area contributed by atoms with Crippen LogP contribution < -0.4 is 4.90 Å². The predicted octanol–water partition coefficient (Wildman–Crippen LogP) is 15.5. The third kappa shape index (κ3) is 5.28. The van der Waals surface area contributed by atoms with E-state index in [1.807, 2.05) is 0 Å². The highest BCUT2D eigenvalue weighted by atomic mass is 15.1. The summed E-state index contributed by atoms with van der Waals surface area (Å²) in [6.07, 6.45) is 2.34. The molecular formula is C55H49N. The summed E-state index contributed by atoms with van der Waals surface area (Å²) in [5.41, 5.74) is 17.0. The van der Waals surface area contributed by atoms with Crippen molar-refractivity contribution in [3.05, 3.63) is 186 Å². The van der Waals surface area contributed by atoms with Crippen molar-refractivity contribution in [2.75, 3.05) is 4.90 Å². The second kappa shape index (κ2) is 12.6. The lowest BCUT2D eigenvalue weighted by Gasteiger charge is -2.43. The van der Waals surface area contributed by atoms with Crippen LogP contribution in [-0.2, 0) is 16.2 Å². The minimum atomic E-state index is -0.154. The highest BCUT2D eigenvalue weighted by molar-refractivity contribution is 6.03. The maximum absolute atomic E-state index is 2.56. The molecule has 0 radical (unpaired) electrons. The Labute approximate surface area is 332 Å². The second-order valence-corrected chi connectivity index (χ2v) is 18.0. The summed E-state index contributed by atoms with van der Waals surface area (Å²) < 4.78 is 0. The van der Waals surface area contributed by atoms with Gasteiger partial charge >= 0.3 is 0 Å². The van der Waals surface area contributed by atoms with Crippen molar-refractivity contribution >= 4 is 38.6 Å². The number of nitrogens with zero attached hydrogens (tertiary/aromatic N) is 1. The number of fused-ring (bicyclic) bond motifs is 6. The van der Waals surface area contributed by atoms with E-state index in [1.165, 1.54) is 95.0 Å². The third-order valence-electron chi connectivity index (χ3n) is 13.3. The van der Waals surface area contributed by atoms with Gasteiger partial charge in [0.2, 0.25) is 0 Å². The zero-order valence-electron chi connectivity index (χ0n) is 33.4. The average molecular weight is 724 g/mol. The molecule has 0 saturated heterocycles. The van der Waals surface area contributed by atoms with Gasteiger partial charge in [-0.25, -0.2) is 0 Å². The first-order valence-corrected chi connectivity index (χ1v) is 20.3. The first-order valence-electron chi connectivity index (χ1n) is 20.3. The monoisotopic (exact) mass is 723 g/mol. The summed E-state index contributed by atoms with van der Waals surface area (Å²) in [5, 5.41) is 5.00. The Morgan fingerprint density at radius 2 is 0.964 bits per heavy atom. The Morgan fingerprint density at radius 1 is 0.393 bits per heavy atom. The molecule has 0 amide bonds. The number of benzene rings is 8. The van der Waals surface area contributed by atoms with Gasteiger partial charge < -0.3 is 4.90 Å². The van der Waals surface area contributed by atoms with Crippen LogP contribution in [0.25, 0.3) is 54.9 Å². The van der Waals surface area contributed by atoms with Crippen molar-refractivity contribution < 1.29 is 0 Å². The first kappa shape index (κ1) is 34.6. The predicted molar refractivity (Wildman–Crippen MR) is 240 cm³/mol. The highest BCUT2D eigenvalue weighted by Crippen LogP contribution is 2.56. The Balaban J connectivity index is 1.29. The molecule has 2 aliphatic carbocycles. The molecule has 8 aromatic rings. The van der Waals surface area contributed by atoms with Crippen LogP contribution in [0.4, 0.5) is 17.1 Å². The molecule has 0 aliphatic heterocycles. The number of hydrogen-bond donors (Lipinski definition) is 0. The maximum atomic E-state index is 2.56. The zero-order valence-corrected chi connectivity index (χ0v) is 33.4. The van der Waals surface area contributed by atoms with Crippen LogP contribution in [-0.4, -0.2) is 0 Å². The van der Waals surface area contributed by atoms with Gasteiger partial charge in [0.15, 0.2) is 0 Å². The lowest BCUT2D eigenvalue weighted by atomic mass is 9.61. The van der Waals surface area contributed by atoms with Gasteiger partial charge in [0, 0.05) is 22.1 Å². The summed E-state index contributed by atoms with van der Waals surface area (Å²) >= 11 is 0. The SMILES string of the molecule is CC1(C)CCC(C)(C)c2c(-c3cc4c(cc3N(c3ccc(-c5cccc6ccccc56)cc3)c3cccc5ccccc35)C(C)(C)c3ccccc3-4)cccc21. The summed E-state index contributed by atoms with van der Waals surface area (Å²) in [5.74, 6) is 0. The standard InChI is InChI=1S/C55H49N/c1-53(2)32-33-54(3,4)52-44(24-15-26-48(52)53)46-34-45-43-22-11-12-25-47(43)55(5,6)49(45)35-51(46)56(50-27-14-19-37-17-8-10-21-42(37)50)39-30-28-38(29-31-39)41-23-13-18-36-16-7-9-20-40(36)41/h7-31,34-35H,32-33H2,1-6H3. The third-order valence-corrected chi connectivity index (χ3v) is 13.3. The molecule has 0 N–H and O–H groups in total. The Kier molecular flexibility index (Phi) is 7.75. The van der Waals surface area contributed by atoms with E-state index in [4.69, 9.17) is 0 Å². The molecular weight excluding hydrogens is 675 g/mol. The van der Waals surface area contributed by atoms with Crippen molar-refractivity contribution in [3.63, 3.8) is 0 Å². The Hall–Kier alpha value is -5.92. The lowest BCUT2D eigenvalue weighted by molar-refractivity contribution is 0.333. The fourth-order valence-corrected chi connectivity index (χ4v) is 10.2. The summed E-state index contributed by atoms with van der Waals surface area (Å²) in [4.78, 5) is 2.56. The van der Waals surface area contributed by atoms with E-state index in [0.717, 1.165) is 12.1 Å². The van der Waals surface area contributed by atoms with Gasteiger partial charge in [0.05, 0.1) is 11.4 Å². The van der Waals surface area contributed by atoms with Crippen molar-refractivity contribution in [3.8, 4) is 33.4 Å². The molecule has 8 aromatic carbocycles. The molecule has 2 aliphatic rings. The van der Waals surface area contributed by atoms with Gasteiger partial charge in [-0.15, -0.1) is 0 Å². The molecule has 274 valence electrons. The molecule has 1 nitrogen and oxygen atoms in total. The van der Waals surface area contributed by atoms with Crippen LogP contribution in [0, 0.1) is 0 Å². The maximum Gasteiger partial charge on any atom is 0.0543 e. The first-order chi connectivity index (χ1) is 27.0. The van der Waals surface area contributed by atoms with E-state index in [1.54, 1.807) is 0 Å². The van der Waals surface area contributed by atoms with Crippen LogP contribution >= 0.6 is 0 Å². The molecule has 56 heavy (non-hydrogen) atoms. The van der Waals surface area contributed by atoms with E-state index >= 15 is 0 Å². The van der Waals surface area contributed by atoms with E-state index in [9.17, 15) is 0 Å². The molecule has 0 atom stereocenters. The molecule has 0 unspecified atom stereocenters. The summed E-state index contributed by atoms with van der Waals surface area (Å²) in [6, 6.07) is 61.5. The van der Waals surface area contributed by atoms with E-state index in [0.29, 0.717) is 0 Å². The van der Waals surface area contributed by atoms with E-state index in [2.05, 4.69) is 210 Å². The molecule has 0 saturated carbocycles. The van der Waals surface area contributed by atoms with Crippen LogP contribution in [0.3, 0.4) is 0 Å². The zero-order chi connectivity index (χ0) is 38.4. The van der Waals surface area contributed by atoms with Gasteiger partial charge in [-0.3, -0.25) is 0 Å². The Bertz CT molecular complexity index is 2820. The molecule has 0 fully saturated rings. The largest absolute Gasteiger partial charge is 0.309 e. The van der Waals surface area contributed by atoms with Crippen molar-refractivity contribution in [2.45, 2.75) is 70.6 Å². The van der Waals surface area contributed by atoms with Crippen LogP contribution in [0.5, 0.6) is 0 Å². The van der Waals surface area contributed by atoms with Crippen molar-refractivity contribution in [1.29, 1.82) is 0 Å². The van der Waals surface area contributed by atoms with Crippen LogP contribution in [0.2, 0.25) is 0 Å². The van der Waals surface area contributed by atoms with Gasteiger partial charge in [0.25, 0.3) is 0 Å². The van der Waals surface area contributed by atoms with Crippen LogP contribution in [0.15, 0.2) is 164 Å². The van der Waals surface area contributed by atoms with Gasteiger partial charge in [-0.2, -0.15) is 0 Å². The summed E-state index contributed by atoms with van der Waals surface area (Å²) in [6.45, 7) is 14.6. The number of rotatable bonds is 5. The minimum Gasteiger partial charge on any atom is -0.309 e. The summed E-state index contributed by atoms with van der Waals surface area (Å²) in [7, 11) is 0. The quantitative estimate of drug-likeness (QED) is 0.171. The molecule has 0 spiro atoms. The van der Waals surface area contributed by atoms with Crippen molar-refractivity contribution in [2.24, 2.45) is 0 Å². The van der Waals surface area contributed by atoms with Crippen LogP contribution in [0.1, 0.15) is 76.6 Å². The molecule has 1 heteroatoms. The lowest BCUT2D eigenvalue weighted by Crippen LogP contribution is -2.34. The van der Waals surface area contributed by atoms with E-state index in [-0.39, 0.29) is 16.2 Å². The highest BCUT2D eigenvalue weighted by Gasteiger charge is 2.41. The number of hydrogen-bond acceptors (Lipinski definition) is 1. The molecule has 0 heterocycles.